The molecule has 10 heteroatoms. The van der Waals surface area contributed by atoms with Crippen LogP contribution in [0.1, 0.15) is 27.9 Å². The fourth-order valence-electron chi connectivity index (χ4n) is 3.33. The molecule has 1 aliphatic heterocycles. The van der Waals surface area contributed by atoms with E-state index >= 15 is 0 Å². The molecule has 6 nitrogen and oxygen atoms in total. The highest BCUT2D eigenvalue weighted by molar-refractivity contribution is 6.00. The summed E-state index contributed by atoms with van der Waals surface area (Å²) in [6, 6.07) is 8.47. The highest BCUT2D eigenvalue weighted by atomic mass is 19.4. The normalized spacial score (nSPS) is 16.2. The third kappa shape index (κ3) is 5.43. The molecule has 2 N–H and O–H groups in total. The molecule has 1 fully saturated rings. The van der Waals surface area contributed by atoms with E-state index in [2.05, 4.69) is 10.6 Å². The van der Waals surface area contributed by atoms with Crippen molar-refractivity contribution in [1.29, 1.82) is 0 Å². The van der Waals surface area contributed by atoms with Gasteiger partial charge in [0.2, 0.25) is 11.8 Å². The Morgan fingerprint density at radius 3 is 2.50 bits per heavy atom. The number of alkyl halides is 3. The van der Waals surface area contributed by atoms with Crippen molar-refractivity contribution in [1.82, 2.24) is 10.6 Å². The minimum atomic E-state index is -4.54. The zero-order valence-electron chi connectivity index (χ0n) is 17.1. The number of rotatable bonds is 6. The predicted octanol–water partition coefficient (Wildman–Crippen LogP) is 3.05. The number of hydrogen-bond acceptors (Lipinski definition) is 3. The quantitative estimate of drug-likeness (QED) is 0.524. The molecule has 0 aromatic heterocycles. The third-order valence-electron chi connectivity index (χ3n) is 5.12. The maximum Gasteiger partial charge on any atom is 0.416 e. The number of halogens is 4. The van der Waals surface area contributed by atoms with Gasteiger partial charge in [-0.1, -0.05) is 12.1 Å². The number of aryl methyl sites for hydroxylation is 1. The van der Waals surface area contributed by atoms with Crippen LogP contribution in [0.2, 0.25) is 0 Å². The average molecular weight is 451 g/mol. The molecule has 1 heterocycles. The van der Waals surface area contributed by atoms with Crippen molar-refractivity contribution in [3.63, 3.8) is 0 Å². The van der Waals surface area contributed by atoms with Crippen molar-refractivity contribution in [3.05, 3.63) is 65.0 Å². The van der Waals surface area contributed by atoms with Crippen LogP contribution in [0.25, 0.3) is 0 Å². The van der Waals surface area contributed by atoms with Crippen LogP contribution >= 0.6 is 0 Å². The second-order valence-electron chi connectivity index (χ2n) is 7.46. The average Bonchev–Trinajstić information content (AvgIpc) is 3.14. The highest BCUT2D eigenvalue weighted by Gasteiger charge is 2.36. The number of benzene rings is 2. The maximum absolute atomic E-state index is 13.5. The smallest absolute Gasteiger partial charge is 0.354 e. The minimum Gasteiger partial charge on any atom is -0.354 e. The van der Waals surface area contributed by atoms with Gasteiger partial charge in [-0.2, -0.15) is 13.2 Å². The van der Waals surface area contributed by atoms with Gasteiger partial charge in [-0.3, -0.25) is 14.4 Å². The molecule has 2 aromatic carbocycles. The third-order valence-corrected chi connectivity index (χ3v) is 5.12. The van der Waals surface area contributed by atoms with Crippen LogP contribution in [0.4, 0.5) is 23.2 Å². The lowest BCUT2D eigenvalue weighted by atomic mass is 10.1. The molecule has 0 bridgehead atoms. The summed E-state index contributed by atoms with van der Waals surface area (Å²) in [5.74, 6) is -2.60. The SMILES string of the molecule is Cc1ccc(C(=O)NCCNC(=O)C2CC(=O)N(c3cccc(C(F)(F)F)c3)C2)cc1F. The Morgan fingerprint density at radius 2 is 1.81 bits per heavy atom. The number of anilines is 1. The van der Waals surface area contributed by atoms with Crippen LogP contribution in [-0.2, 0) is 15.8 Å². The molecule has 0 saturated carbocycles. The van der Waals surface area contributed by atoms with Crippen molar-refractivity contribution < 1.29 is 31.9 Å². The topological polar surface area (TPSA) is 78.5 Å². The van der Waals surface area contributed by atoms with E-state index in [-0.39, 0.29) is 37.3 Å². The summed E-state index contributed by atoms with van der Waals surface area (Å²) in [7, 11) is 0. The van der Waals surface area contributed by atoms with Crippen molar-refractivity contribution in [2.75, 3.05) is 24.5 Å². The summed E-state index contributed by atoms with van der Waals surface area (Å²) in [5, 5.41) is 5.14. The van der Waals surface area contributed by atoms with E-state index in [9.17, 15) is 31.9 Å². The van der Waals surface area contributed by atoms with Crippen LogP contribution in [0.5, 0.6) is 0 Å². The number of nitrogens with zero attached hydrogens (tertiary/aromatic N) is 1. The second kappa shape index (κ2) is 9.37. The monoisotopic (exact) mass is 451 g/mol. The van der Waals surface area contributed by atoms with Gasteiger partial charge in [-0.25, -0.2) is 4.39 Å². The van der Waals surface area contributed by atoms with Crippen molar-refractivity contribution in [3.8, 4) is 0 Å². The Bertz CT molecular complexity index is 1040. The Balaban J connectivity index is 1.50. The largest absolute Gasteiger partial charge is 0.416 e. The van der Waals surface area contributed by atoms with E-state index in [1.165, 1.54) is 24.3 Å². The molecule has 170 valence electrons. The number of carbonyl (C=O) groups excluding carboxylic acids is 3. The van der Waals surface area contributed by atoms with E-state index in [0.29, 0.717) is 5.56 Å². The van der Waals surface area contributed by atoms with E-state index in [1.54, 1.807) is 6.92 Å². The predicted molar refractivity (Wildman–Crippen MR) is 108 cm³/mol. The molecule has 0 radical (unpaired) electrons. The first-order chi connectivity index (χ1) is 15.1. The van der Waals surface area contributed by atoms with Gasteiger partial charge in [-0.15, -0.1) is 0 Å². The van der Waals surface area contributed by atoms with Gasteiger partial charge in [0.15, 0.2) is 0 Å². The second-order valence-corrected chi connectivity index (χ2v) is 7.46. The summed E-state index contributed by atoms with van der Waals surface area (Å²) in [5.41, 5.74) is -0.228. The van der Waals surface area contributed by atoms with E-state index < -0.39 is 41.2 Å². The molecule has 3 rings (SSSR count). The van der Waals surface area contributed by atoms with E-state index in [0.717, 1.165) is 23.1 Å². The van der Waals surface area contributed by atoms with Gasteiger partial charge in [0, 0.05) is 37.3 Å². The van der Waals surface area contributed by atoms with Crippen LogP contribution in [-0.4, -0.2) is 37.4 Å². The van der Waals surface area contributed by atoms with Crippen molar-refractivity contribution >= 4 is 23.4 Å². The fraction of sp³-hybridized carbons (Fsp3) is 0.318. The summed E-state index contributed by atoms with van der Waals surface area (Å²) in [6.45, 7) is 1.70. The van der Waals surface area contributed by atoms with Gasteiger partial charge in [0.25, 0.3) is 5.91 Å². The lowest BCUT2D eigenvalue weighted by Gasteiger charge is -2.18. The first kappa shape index (κ1) is 23.2. The Kier molecular flexibility index (Phi) is 6.81. The van der Waals surface area contributed by atoms with Gasteiger partial charge in [0.05, 0.1) is 11.5 Å². The summed E-state index contributed by atoms with van der Waals surface area (Å²) in [6.07, 6.45) is -4.67. The summed E-state index contributed by atoms with van der Waals surface area (Å²) >= 11 is 0. The zero-order chi connectivity index (χ0) is 23.5. The number of hydrogen-bond donors (Lipinski definition) is 2. The summed E-state index contributed by atoms with van der Waals surface area (Å²) < 4.78 is 52.3. The molecule has 1 saturated heterocycles. The molecule has 1 atom stereocenters. The minimum absolute atomic E-state index is 0.0407. The summed E-state index contributed by atoms with van der Waals surface area (Å²) in [4.78, 5) is 37.8. The molecule has 0 spiro atoms. The van der Waals surface area contributed by atoms with Crippen LogP contribution in [0.3, 0.4) is 0 Å². The Morgan fingerprint density at radius 1 is 1.09 bits per heavy atom. The standard InChI is InChI=1S/C22H21F4N3O3/c1-13-5-6-14(9-18(13)23)20(31)27-7-8-28-21(32)15-10-19(30)29(12-15)17-4-2-3-16(11-17)22(24,25)26/h2-6,9,11,15H,7-8,10,12H2,1H3,(H,27,31)(H,28,32). The fourth-order valence-corrected chi connectivity index (χ4v) is 3.33. The zero-order valence-corrected chi connectivity index (χ0v) is 17.1. The van der Waals surface area contributed by atoms with Gasteiger partial charge < -0.3 is 15.5 Å². The molecule has 3 amide bonds. The lowest BCUT2D eigenvalue weighted by molar-refractivity contribution is -0.137. The van der Waals surface area contributed by atoms with E-state index in [4.69, 9.17) is 0 Å². The van der Waals surface area contributed by atoms with Crippen molar-refractivity contribution in [2.24, 2.45) is 5.92 Å². The molecular formula is C22H21F4N3O3. The molecule has 0 aliphatic carbocycles. The highest BCUT2D eigenvalue weighted by Crippen LogP contribution is 2.33. The van der Waals surface area contributed by atoms with Gasteiger partial charge in [-0.05, 0) is 42.8 Å². The van der Waals surface area contributed by atoms with Crippen LogP contribution in [0.15, 0.2) is 42.5 Å². The van der Waals surface area contributed by atoms with Gasteiger partial charge in [0.1, 0.15) is 5.82 Å². The Hall–Kier alpha value is -3.43. The lowest BCUT2D eigenvalue weighted by Crippen LogP contribution is -2.38. The number of amides is 3. The first-order valence-corrected chi connectivity index (χ1v) is 9.86. The molecule has 2 aromatic rings. The van der Waals surface area contributed by atoms with Crippen molar-refractivity contribution in [2.45, 2.75) is 19.5 Å². The van der Waals surface area contributed by atoms with E-state index in [1.807, 2.05) is 0 Å². The molecule has 32 heavy (non-hydrogen) atoms. The molecule has 1 aliphatic rings. The van der Waals surface area contributed by atoms with Crippen LogP contribution < -0.4 is 15.5 Å². The van der Waals surface area contributed by atoms with Crippen LogP contribution in [0, 0.1) is 18.7 Å². The molecule has 1 unspecified atom stereocenters. The number of nitrogens with one attached hydrogen (secondary N) is 2. The maximum atomic E-state index is 13.5. The first-order valence-electron chi connectivity index (χ1n) is 9.86. The van der Waals surface area contributed by atoms with Gasteiger partial charge >= 0.3 is 6.18 Å². The molecular weight excluding hydrogens is 430 g/mol. The Labute approximate surface area is 181 Å². The number of carbonyl (C=O) groups is 3.